The fraction of sp³-hybridized carbons (Fsp3) is 0.0889. The van der Waals surface area contributed by atoms with E-state index in [9.17, 15) is 5.26 Å². The molecule has 3 unspecified atom stereocenters. The molecule has 50 heavy (non-hydrogen) atoms. The van der Waals surface area contributed by atoms with Gasteiger partial charge in [-0.15, -0.1) is 0 Å². The smallest absolute Gasteiger partial charge is 0.143 e. The number of hydrogen-bond acceptors (Lipinski definition) is 4. The molecule has 2 aliphatic rings. The predicted octanol–water partition coefficient (Wildman–Crippen LogP) is 10.8. The van der Waals surface area contributed by atoms with Crippen molar-refractivity contribution < 1.29 is 4.42 Å². The molecule has 8 aromatic rings. The Bertz CT molecular complexity index is 2690. The number of nitrogens with one attached hydrogen (secondary N) is 1. The maximum atomic E-state index is 9.86. The van der Waals surface area contributed by atoms with Crippen molar-refractivity contribution in [1.29, 1.82) is 5.26 Å². The molecular formula is C45H32N4O. The molecule has 0 bridgehead atoms. The van der Waals surface area contributed by atoms with Gasteiger partial charge in [0, 0.05) is 44.4 Å². The van der Waals surface area contributed by atoms with Crippen molar-refractivity contribution in [2.24, 2.45) is 5.92 Å². The number of nitrogens with zero attached hydrogens (tertiary/aromatic N) is 3. The van der Waals surface area contributed by atoms with Crippen molar-refractivity contribution in [2.45, 2.75) is 18.8 Å². The first-order valence-corrected chi connectivity index (χ1v) is 17.2. The lowest BCUT2D eigenvalue weighted by Gasteiger charge is -2.54. The third-order valence-electron chi connectivity index (χ3n) is 10.5. The van der Waals surface area contributed by atoms with Crippen molar-refractivity contribution in [2.75, 3.05) is 4.90 Å². The van der Waals surface area contributed by atoms with E-state index in [1.165, 1.54) is 11.3 Å². The number of hydrogen-bond donors (Lipinski definition) is 1. The van der Waals surface area contributed by atoms with Crippen molar-refractivity contribution in [3.8, 4) is 22.9 Å². The summed E-state index contributed by atoms with van der Waals surface area (Å²) < 4.78 is 8.73. The maximum absolute atomic E-state index is 9.86. The number of nitriles is 1. The first kappa shape index (κ1) is 28.6. The lowest BCUT2D eigenvalue weighted by molar-refractivity contribution is 0.221. The molecule has 2 aromatic heterocycles. The van der Waals surface area contributed by atoms with Crippen LogP contribution in [-0.4, -0.2) is 10.7 Å². The molecule has 0 radical (unpaired) electrons. The third kappa shape index (κ3) is 4.43. The van der Waals surface area contributed by atoms with Gasteiger partial charge >= 0.3 is 0 Å². The largest absolute Gasteiger partial charge is 0.455 e. The van der Waals surface area contributed by atoms with E-state index in [-0.39, 0.29) is 12.3 Å². The lowest BCUT2D eigenvalue weighted by Crippen LogP contribution is -2.66. The molecule has 1 fully saturated rings. The van der Waals surface area contributed by atoms with Crippen molar-refractivity contribution >= 4 is 49.4 Å². The van der Waals surface area contributed by atoms with Gasteiger partial charge in [-0.05, 0) is 78.2 Å². The van der Waals surface area contributed by atoms with Crippen LogP contribution in [0.1, 0.15) is 23.7 Å². The van der Waals surface area contributed by atoms with E-state index in [1.54, 1.807) is 0 Å². The van der Waals surface area contributed by atoms with Gasteiger partial charge in [-0.1, -0.05) is 97.1 Å². The average molecular weight is 645 g/mol. The molecule has 3 atom stereocenters. The summed E-state index contributed by atoms with van der Waals surface area (Å²) in [5.74, 6) is 0.394. The Morgan fingerprint density at radius 2 is 1.44 bits per heavy atom. The molecule has 0 spiro atoms. The van der Waals surface area contributed by atoms with E-state index in [1.807, 2.05) is 24.3 Å². The summed E-state index contributed by atoms with van der Waals surface area (Å²) in [5.41, 5.74) is 10.2. The molecule has 1 aliphatic heterocycles. The zero-order valence-corrected chi connectivity index (χ0v) is 27.2. The number of furan rings is 1. The van der Waals surface area contributed by atoms with Gasteiger partial charge in [-0.25, -0.2) is 0 Å². The fourth-order valence-corrected chi connectivity index (χ4v) is 8.05. The second kappa shape index (κ2) is 11.4. The van der Waals surface area contributed by atoms with E-state index >= 15 is 0 Å². The molecule has 5 nitrogen and oxygen atoms in total. The van der Waals surface area contributed by atoms with E-state index in [0.29, 0.717) is 11.5 Å². The molecule has 3 heterocycles. The van der Waals surface area contributed by atoms with Crippen molar-refractivity contribution in [1.82, 2.24) is 9.88 Å². The minimum absolute atomic E-state index is 0.110. The molecule has 1 aliphatic carbocycles. The minimum atomic E-state index is 0.110. The van der Waals surface area contributed by atoms with Gasteiger partial charge in [0.2, 0.25) is 0 Å². The van der Waals surface area contributed by atoms with Gasteiger partial charge < -0.3 is 13.9 Å². The van der Waals surface area contributed by atoms with E-state index in [4.69, 9.17) is 4.42 Å². The molecule has 1 N–H and O–H groups in total. The minimum Gasteiger partial charge on any atom is -0.455 e. The van der Waals surface area contributed by atoms with Crippen LogP contribution in [0.15, 0.2) is 162 Å². The van der Waals surface area contributed by atoms with Crippen LogP contribution in [0.25, 0.3) is 60.6 Å². The van der Waals surface area contributed by atoms with Crippen LogP contribution < -0.4 is 10.2 Å². The van der Waals surface area contributed by atoms with Gasteiger partial charge in [0.1, 0.15) is 17.3 Å². The number of fused-ring (bicyclic) bond motifs is 6. The summed E-state index contributed by atoms with van der Waals surface area (Å²) in [6.45, 7) is 0. The summed E-state index contributed by atoms with van der Waals surface area (Å²) in [4.78, 5) is 2.52. The number of para-hydroxylation sites is 2. The number of anilines is 1. The first-order chi connectivity index (χ1) is 24.7. The zero-order chi connectivity index (χ0) is 33.2. The molecule has 0 saturated carbocycles. The average Bonchev–Trinajstić information content (AvgIpc) is 3.71. The van der Waals surface area contributed by atoms with Gasteiger partial charge in [0.25, 0.3) is 0 Å². The van der Waals surface area contributed by atoms with Crippen LogP contribution in [-0.2, 0) is 0 Å². The fourth-order valence-electron chi connectivity index (χ4n) is 8.05. The Kier molecular flexibility index (Phi) is 6.52. The molecule has 10 rings (SSSR count). The van der Waals surface area contributed by atoms with Crippen LogP contribution in [0.3, 0.4) is 0 Å². The molecule has 5 heteroatoms. The molecule has 6 aromatic carbocycles. The van der Waals surface area contributed by atoms with Crippen LogP contribution >= 0.6 is 0 Å². The third-order valence-corrected chi connectivity index (χ3v) is 10.5. The second-order valence-corrected chi connectivity index (χ2v) is 13.3. The topological polar surface area (TPSA) is 57.1 Å². The zero-order valence-electron chi connectivity index (χ0n) is 27.2. The summed E-state index contributed by atoms with van der Waals surface area (Å²) in [7, 11) is 0. The van der Waals surface area contributed by atoms with Crippen molar-refractivity contribution in [3.63, 3.8) is 0 Å². The van der Waals surface area contributed by atoms with Crippen LogP contribution in [0, 0.1) is 17.2 Å². The SMILES string of the molecule is N#Cc1ccc2c(c1)c1cc(-c3cccc4c3oc3ccccc34)ccc1n2-c1ccc(N2C(c3ccccc3)NC2C2C=CC=CC2)cc1. The summed E-state index contributed by atoms with van der Waals surface area (Å²) in [6, 6.07) is 49.2. The van der Waals surface area contributed by atoms with Crippen molar-refractivity contribution in [3.05, 3.63) is 169 Å². The highest BCUT2D eigenvalue weighted by Gasteiger charge is 2.42. The highest BCUT2D eigenvalue weighted by atomic mass is 16.3. The summed E-state index contributed by atoms with van der Waals surface area (Å²) >= 11 is 0. The molecule has 238 valence electrons. The van der Waals surface area contributed by atoms with Gasteiger partial charge in [0.05, 0.1) is 28.8 Å². The highest BCUT2D eigenvalue weighted by Crippen LogP contribution is 2.42. The first-order valence-electron chi connectivity index (χ1n) is 17.2. The van der Waals surface area contributed by atoms with Gasteiger partial charge in [-0.2, -0.15) is 5.26 Å². The second-order valence-electron chi connectivity index (χ2n) is 13.3. The Labute approximate surface area is 289 Å². The standard InChI is InChI=1S/C45H32N4O/c46-28-29-18-24-40-38(26-29)39-27-32(35-15-9-16-37-36-14-7-8-17-42(36)50-43(35)37)19-25-41(39)48(40)33-20-22-34(23-21-33)49-44(30-10-3-1-4-11-30)47-45(49)31-12-5-2-6-13-31/h1-12,14-27,31,44-45,47H,13H2. The van der Waals surface area contributed by atoms with Crippen LogP contribution in [0.4, 0.5) is 5.69 Å². The maximum Gasteiger partial charge on any atom is 0.143 e. The molecule has 0 amide bonds. The summed E-state index contributed by atoms with van der Waals surface area (Å²) in [6.07, 6.45) is 10.2. The number of rotatable bonds is 5. The van der Waals surface area contributed by atoms with E-state index < -0.39 is 0 Å². The Morgan fingerprint density at radius 1 is 0.680 bits per heavy atom. The quantitative estimate of drug-likeness (QED) is 0.203. The highest BCUT2D eigenvalue weighted by molar-refractivity contribution is 6.13. The Morgan fingerprint density at radius 3 is 2.26 bits per heavy atom. The van der Waals surface area contributed by atoms with Crippen LogP contribution in [0.5, 0.6) is 0 Å². The Balaban J connectivity index is 1.09. The monoisotopic (exact) mass is 644 g/mol. The van der Waals surface area contributed by atoms with Crippen LogP contribution in [0.2, 0.25) is 0 Å². The van der Waals surface area contributed by atoms with Gasteiger partial charge in [0.15, 0.2) is 0 Å². The molecule has 1 saturated heterocycles. The molecular weight excluding hydrogens is 613 g/mol. The lowest BCUT2D eigenvalue weighted by atomic mass is 9.91. The number of allylic oxidation sites excluding steroid dienone is 3. The van der Waals surface area contributed by atoms with E-state index in [2.05, 4.69) is 154 Å². The predicted molar refractivity (Wildman–Crippen MR) is 203 cm³/mol. The normalized spacial score (nSPS) is 18.6. The van der Waals surface area contributed by atoms with E-state index in [0.717, 1.165) is 67.0 Å². The Hall–Kier alpha value is -6.35. The summed E-state index contributed by atoms with van der Waals surface area (Å²) in [5, 5.41) is 18.1. The number of aromatic nitrogens is 1. The number of benzene rings is 6. The van der Waals surface area contributed by atoms with Gasteiger partial charge in [-0.3, -0.25) is 5.32 Å².